The molecule has 0 bridgehead atoms. The second kappa shape index (κ2) is 2.89. The van der Waals surface area contributed by atoms with Crippen LogP contribution in [0.3, 0.4) is 0 Å². The predicted molar refractivity (Wildman–Crippen MR) is 47.3 cm³/mol. The van der Waals surface area contributed by atoms with Crippen LogP contribution in [-0.2, 0) is 20.4 Å². The molecule has 2 rings (SSSR count). The van der Waals surface area contributed by atoms with Gasteiger partial charge in [-0.1, -0.05) is 0 Å². The average Bonchev–Trinajstić information content (AvgIpc) is 2.15. The summed E-state index contributed by atoms with van der Waals surface area (Å²) in [6, 6.07) is -0.820. The van der Waals surface area contributed by atoms with Gasteiger partial charge in [-0.2, -0.15) is 0 Å². The SMILES string of the molecule is NC1C(=O)N2C(C(=O)O)=CCS(=O)C12. The van der Waals surface area contributed by atoms with E-state index in [1.165, 1.54) is 6.08 Å². The molecule has 1 amide bonds. The highest BCUT2D eigenvalue weighted by molar-refractivity contribution is 7.86. The van der Waals surface area contributed by atoms with Crippen molar-refractivity contribution in [3.8, 4) is 0 Å². The molecule has 0 aromatic rings. The van der Waals surface area contributed by atoms with E-state index in [9.17, 15) is 13.8 Å². The minimum Gasteiger partial charge on any atom is -0.477 e. The van der Waals surface area contributed by atoms with Crippen LogP contribution in [0, 0.1) is 0 Å². The van der Waals surface area contributed by atoms with Gasteiger partial charge >= 0.3 is 5.97 Å². The van der Waals surface area contributed by atoms with Gasteiger partial charge in [0, 0.05) is 5.75 Å². The molecule has 6 nitrogen and oxygen atoms in total. The number of hydrogen-bond donors (Lipinski definition) is 2. The van der Waals surface area contributed by atoms with Crippen LogP contribution in [-0.4, -0.2) is 43.3 Å². The molecule has 0 saturated carbocycles. The summed E-state index contributed by atoms with van der Waals surface area (Å²) in [5.41, 5.74) is 5.32. The Morgan fingerprint density at radius 3 is 2.93 bits per heavy atom. The second-order valence-electron chi connectivity index (χ2n) is 3.07. The summed E-state index contributed by atoms with van der Waals surface area (Å²) in [6.07, 6.45) is 1.29. The third-order valence-corrected chi connectivity index (χ3v) is 3.81. The maximum Gasteiger partial charge on any atom is 0.352 e. The van der Waals surface area contributed by atoms with E-state index in [4.69, 9.17) is 10.8 Å². The largest absolute Gasteiger partial charge is 0.477 e. The number of nitrogens with zero attached hydrogens (tertiary/aromatic N) is 1. The second-order valence-corrected chi connectivity index (χ2v) is 4.64. The maximum absolute atomic E-state index is 11.4. The van der Waals surface area contributed by atoms with Crippen molar-refractivity contribution in [2.75, 3.05) is 5.75 Å². The number of β-lactam (4-membered cyclic amide) rings is 1. The van der Waals surface area contributed by atoms with Crippen molar-refractivity contribution in [3.63, 3.8) is 0 Å². The molecule has 3 atom stereocenters. The lowest BCUT2D eigenvalue weighted by Crippen LogP contribution is -2.71. The van der Waals surface area contributed by atoms with E-state index in [1.807, 2.05) is 0 Å². The molecule has 0 radical (unpaired) electrons. The maximum atomic E-state index is 11.4. The molecule has 3 unspecified atom stereocenters. The lowest BCUT2D eigenvalue weighted by Gasteiger charge is -2.46. The number of nitrogens with two attached hydrogens (primary N) is 1. The van der Waals surface area contributed by atoms with Crippen LogP contribution in [0.2, 0.25) is 0 Å². The van der Waals surface area contributed by atoms with E-state index in [2.05, 4.69) is 0 Å². The van der Waals surface area contributed by atoms with Crippen LogP contribution in [0.15, 0.2) is 11.8 Å². The van der Waals surface area contributed by atoms with Gasteiger partial charge in [0.1, 0.15) is 17.1 Å². The van der Waals surface area contributed by atoms with E-state index in [1.54, 1.807) is 0 Å². The normalized spacial score (nSPS) is 35.8. The Hall–Kier alpha value is -1.21. The number of aliphatic carboxylic acids is 1. The summed E-state index contributed by atoms with van der Waals surface area (Å²) < 4.78 is 11.4. The molecule has 76 valence electrons. The lowest BCUT2D eigenvalue weighted by molar-refractivity contribution is -0.148. The minimum absolute atomic E-state index is 0.110. The number of carbonyl (C=O) groups is 2. The number of carboxylic acid groups (broad SMARTS) is 1. The van der Waals surface area contributed by atoms with Crippen LogP contribution < -0.4 is 5.73 Å². The monoisotopic (exact) mass is 216 g/mol. The Labute approximate surface area is 81.8 Å². The van der Waals surface area contributed by atoms with Gasteiger partial charge in [0.15, 0.2) is 0 Å². The fourth-order valence-corrected chi connectivity index (χ4v) is 2.99. The van der Waals surface area contributed by atoms with Gasteiger partial charge in [0.2, 0.25) is 5.91 Å². The minimum atomic E-state index is -1.28. The van der Waals surface area contributed by atoms with Crippen molar-refractivity contribution >= 4 is 22.7 Å². The fourth-order valence-electron chi connectivity index (χ4n) is 1.57. The van der Waals surface area contributed by atoms with Crippen molar-refractivity contribution < 1.29 is 18.9 Å². The molecular weight excluding hydrogens is 208 g/mol. The third kappa shape index (κ3) is 1.02. The summed E-state index contributed by atoms with van der Waals surface area (Å²) in [7, 11) is -1.28. The molecule has 0 aromatic carbocycles. The van der Waals surface area contributed by atoms with E-state index >= 15 is 0 Å². The molecule has 1 saturated heterocycles. The van der Waals surface area contributed by atoms with E-state index in [-0.39, 0.29) is 11.4 Å². The predicted octanol–water partition coefficient (Wildman–Crippen LogP) is -1.79. The first-order chi connectivity index (χ1) is 6.54. The van der Waals surface area contributed by atoms with Crippen molar-refractivity contribution in [1.29, 1.82) is 0 Å². The van der Waals surface area contributed by atoms with Crippen LogP contribution in [0.1, 0.15) is 0 Å². The highest BCUT2D eigenvalue weighted by Crippen LogP contribution is 2.30. The Morgan fingerprint density at radius 1 is 1.71 bits per heavy atom. The summed E-state index contributed by atoms with van der Waals surface area (Å²) in [6.45, 7) is 0. The first kappa shape index (κ1) is 9.35. The molecule has 14 heavy (non-hydrogen) atoms. The van der Waals surface area contributed by atoms with E-state index in [0.29, 0.717) is 0 Å². The number of hydrogen-bond acceptors (Lipinski definition) is 4. The number of carboxylic acids is 1. The smallest absolute Gasteiger partial charge is 0.352 e. The quantitative estimate of drug-likeness (QED) is 0.504. The Kier molecular flexibility index (Phi) is 1.93. The van der Waals surface area contributed by atoms with Crippen LogP contribution in [0.5, 0.6) is 0 Å². The zero-order valence-corrected chi connectivity index (χ0v) is 7.86. The summed E-state index contributed by atoms with van der Waals surface area (Å²) >= 11 is 0. The topological polar surface area (TPSA) is 101 Å². The van der Waals surface area contributed by atoms with Gasteiger partial charge in [0.25, 0.3) is 0 Å². The zero-order valence-electron chi connectivity index (χ0n) is 7.04. The van der Waals surface area contributed by atoms with Gasteiger partial charge < -0.3 is 10.8 Å². The molecule has 0 spiro atoms. The highest BCUT2D eigenvalue weighted by Gasteiger charge is 2.53. The molecule has 2 aliphatic rings. The van der Waals surface area contributed by atoms with Crippen molar-refractivity contribution in [2.24, 2.45) is 5.73 Å². The standard InChI is InChI=1S/C7H8N2O4S/c8-4-5(10)9-3(7(11)12)1-2-14(13)6(4)9/h1,4,6H,2,8H2,(H,11,12). The van der Waals surface area contributed by atoms with Crippen LogP contribution in [0.25, 0.3) is 0 Å². The van der Waals surface area contributed by atoms with E-state index < -0.39 is 34.1 Å². The highest BCUT2D eigenvalue weighted by atomic mass is 32.2. The van der Waals surface area contributed by atoms with Gasteiger partial charge in [0.05, 0.1) is 10.8 Å². The molecule has 0 aliphatic carbocycles. The van der Waals surface area contributed by atoms with Gasteiger partial charge in [-0.05, 0) is 6.08 Å². The first-order valence-electron chi connectivity index (χ1n) is 3.93. The molecule has 3 N–H and O–H groups in total. The molecule has 2 aliphatic heterocycles. The number of carbonyl (C=O) groups excluding carboxylic acids is 1. The Balaban J connectivity index is 2.37. The van der Waals surface area contributed by atoms with Gasteiger partial charge in [-0.25, -0.2) is 4.79 Å². The number of fused-ring (bicyclic) bond motifs is 1. The van der Waals surface area contributed by atoms with Crippen molar-refractivity contribution in [3.05, 3.63) is 11.8 Å². The van der Waals surface area contributed by atoms with E-state index in [0.717, 1.165) is 4.90 Å². The number of amides is 1. The molecule has 7 heteroatoms. The zero-order chi connectivity index (χ0) is 10.5. The molecular formula is C7H8N2O4S. The summed E-state index contributed by atoms with van der Waals surface area (Å²) in [4.78, 5) is 22.9. The van der Waals surface area contributed by atoms with Crippen molar-refractivity contribution in [2.45, 2.75) is 11.4 Å². The van der Waals surface area contributed by atoms with Gasteiger partial charge in [-0.3, -0.25) is 13.9 Å². The molecule has 1 fully saturated rings. The Morgan fingerprint density at radius 2 is 2.36 bits per heavy atom. The average molecular weight is 216 g/mol. The summed E-state index contributed by atoms with van der Waals surface area (Å²) in [5, 5.41) is 8.09. The van der Waals surface area contributed by atoms with Gasteiger partial charge in [-0.15, -0.1) is 0 Å². The van der Waals surface area contributed by atoms with Crippen LogP contribution >= 0.6 is 0 Å². The fraction of sp³-hybridized carbons (Fsp3) is 0.429. The lowest BCUT2D eigenvalue weighted by atomic mass is 10.1. The Bertz CT molecular complexity index is 378. The molecule has 0 aromatic heterocycles. The molecule has 2 heterocycles. The first-order valence-corrected chi connectivity index (χ1v) is 5.31. The van der Waals surface area contributed by atoms with Crippen molar-refractivity contribution in [1.82, 2.24) is 4.90 Å². The third-order valence-electron chi connectivity index (χ3n) is 2.27. The van der Waals surface area contributed by atoms with Crippen LogP contribution in [0.4, 0.5) is 0 Å². The number of rotatable bonds is 1. The summed E-state index contributed by atoms with van der Waals surface area (Å²) in [5.74, 6) is -1.52.